The average molecular weight is 332 g/mol. The number of nitrogens with one attached hydrogen (secondary N) is 1. The Balaban J connectivity index is 1.99. The molecule has 1 amide bonds. The molecule has 0 aromatic heterocycles. The summed E-state index contributed by atoms with van der Waals surface area (Å²) in [7, 11) is 1.61. The third-order valence-corrected chi connectivity index (χ3v) is 3.16. The summed E-state index contributed by atoms with van der Waals surface area (Å²) in [6.45, 7) is 0. The summed E-state index contributed by atoms with van der Waals surface area (Å²) in [5.41, 5.74) is 1.67. The molecule has 1 N–H and O–H groups in total. The maximum absolute atomic E-state index is 11.8. The van der Waals surface area contributed by atoms with Gasteiger partial charge in [0.15, 0.2) is 0 Å². The Morgan fingerprint density at radius 3 is 2.65 bits per heavy atom. The minimum atomic E-state index is -0.171. The highest BCUT2D eigenvalue weighted by atomic mass is 79.9. The zero-order valence-electron chi connectivity index (χ0n) is 11.0. The van der Waals surface area contributed by atoms with E-state index in [0.717, 1.165) is 21.5 Å². The van der Waals surface area contributed by atoms with Gasteiger partial charge < -0.3 is 10.1 Å². The molecule has 0 atom stereocenters. The number of hydrogen-bond donors (Lipinski definition) is 1. The van der Waals surface area contributed by atoms with Crippen LogP contribution in [0.4, 0.5) is 5.69 Å². The highest BCUT2D eigenvalue weighted by Crippen LogP contribution is 2.15. The van der Waals surface area contributed by atoms with Crippen molar-refractivity contribution in [3.63, 3.8) is 0 Å². The number of methoxy groups -OCH3 is 1. The van der Waals surface area contributed by atoms with Crippen molar-refractivity contribution in [3.05, 3.63) is 64.6 Å². The molecule has 2 aromatic rings. The molecule has 2 rings (SSSR count). The summed E-state index contributed by atoms with van der Waals surface area (Å²) >= 11 is 3.35. The number of ether oxygens (including phenoxy) is 1. The number of amides is 1. The average Bonchev–Trinajstić information content (AvgIpc) is 2.48. The quantitative estimate of drug-likeness (QED) is 0.856. The second kappa shape index (κ2) is 6.91. The van der Waals surface area contributed by atoms with Crippen LogP contribution in [0.3, 0.4) is 0 Å². The summed E-state index contributed by atoms with van der Waals surface area (Å²) in [6, 6.07) is 14.9. The monoisotopic (exact) mass is 331 g/mol. The van der Waals surface area contributed by atoms with Crippen molar-refractivity contribution >= 4 is 33.6 Å². The number of hydrogen-bond acceptors (Lipinski definition) is 2. The van der Waals surface area contributed by atoms with Crippen molar-refractivity contribution in [1.29, 1.82) is 0 Å². The molecular formula is C16H14BrNO2. The van der Waals surface area contributed by atoms with Crippen LogP contribution in [-0.4, -0.2) is 13.0 Å². The largest absolute Gasteiger partial charge is 0.497 e. The highest BCUT2D eigenvalue weighted by Gasteiger charge is 1.98. The minimum absolute atomic E-state index is 0.171. The second-order valence-corrected chi connectivity index (χ2v) is 5.02. The fourth-order valence-corrected chi connectivity index (χ4v) is 1.90. The third-order valence-electron chi connectivity index (χ3n) is 2.63. The summed E-state index contributed by atoms with van der Waals surface area (Å²) in [6.07, 6.45) is 3.24. The fourth-order valence-electron chi connectivity index (χ4n) is 1.63. The molecule has 20 heavy (non-hydrogen) atoms. The van der Waals surface area contributed by atoms with Crippen LogP contribution < -0.4 is 10.1 Å². The number of benzene rings is 2. The Kier molecular flexibility index (Phi) is 4.96. The highest BCUT2D eigenvalue weighted by molar-refractivity contribution is 9.10. The smallest absolute Gasteiger partial charge is 0.248 e. The van der Waals surface area contributed by atoms with E-state index < -0.39 is 0 Å². The van der Waals surface area contributed by atoms with Crippen molar-refractivity contribution in [3.8, 4) is 5.75 Å². The molecule has 0 aliphatic rings. The van der Waals surface area contributed by atoms with Crippen molar-refractivity contribution in [2.24, 2.45) is 0 Å². The lowest BCUT2D eigenvalue weighted by atomic mass is 10.2. The molecule has 0 aliphatic carbocycles. The van der Waals surface area contributed by atoms with E-state index in [1.807, 2.05) is 48.5 Å². The fraction of sp³-hybridized carbons (Fsp3) is 0.0625. The molecule has 0 fully saturated rings. The predicted octanol–water partition coefficient (Wildman–Crippen LogP) is 4.11. The Morgan fingerprint density at radius 1 is 1.20 bits per heavy atom. The van der Waals surface area contributed by atoms with Crippen LogP contribution in [0.1, 0.15) is 5.56 Å². The van der Waals surface area contributed by atoms with Crippen LogP contribution in [-0.2, 0) is 4.79 Å². The number of rotatable bonds is 4. The third kappa shape index (κ3) is 4.24. The number of halogens is 1. The lowest BCUT2D eigenvalue weighted by Crippen LogP contribution is -2.07. The van der Waals surface area contributed by atoms with Gasteiger partial charge in [0.25, 0.3) is 0 Å². The van der Waals surface area contributed by atoms with Crippen molar-refractivity contribution < 1.29 is 9.53 Å². The minimum Gasteiger partial charge on any atom is -0.497 e. The van der Waals surface area contributed by atoms with E-state index in [0.29, 0.717) is 0 Å². The summed E-state index contributed by atoms with van der Waals surface area (Å²) in [4.78, 5) is 11.8. The molecule has 0 aliphatic heterocycles. The SMILES string of the molecule is COc1cccc(/C=C/C(=O)Nc2ccc(Br)cc2)c1. The van der Waals surface area contributed by atoms with Crippen LogP contribution in [0.2, 0.25) is 0 Å². The molecule has 0 saturated heterocycles. The second-order valence-electron chi connectivity index (χ2n) is 4.11. The molecule has 0 bridgehead atoms. The summed E-state index contributed by atoms with van der Waals surface area (Å²) in [5.74, 6) is 0.593. The molecular weight excluding hydrogens is 318 g/mol. The van der Waals surface area contributed by atoms with E-state index in [4.69, 9.17) is 4.74 Å². The maximum Gasteiger partial charge on any atom is 0.248 e. The van der Waals surface area contributed by atoms with Gasteiger partial charge in [-0.1, -0.05) is 28.1 Å². The van der Waals surface area contributed by atoms with Crippen LogP contribution >= 0.6 is 15.9 Å². The van der Waals surface area contributed by atoms with Crippen molar-refractivity contribution in [2.45, 2.75) is 0 Å². The van der Waals surface area contributed by atoms with E-state index in [9.17, 15) is 4.79 Å². The van der Waals surface area contributed by atoms with Gasteiger partial charge in [0.2, 0.25) is 5.91 Å². The Bertz CT molecular complexity index is 621. The van der Waals surface area contributed by atoms with E-state index >= 15 is 0 Å². The van der Waals surface area contributed by atoms with Crippen molar-refractivity contribution in [2.75, 3.05) is 12.4 Å². The molecule has 0 saturated carbocycles. The Morgan fingerprint density at radius 2 is 1.95 bits per heavy atom. The Labute approximate surface area is 126 Å². The van der Waals surface area contributed by atoms with E-state index in [1.165, 1.54) is 6.08 Å². The normalized spacial score (nSPS) is 10.5. The van der Waals surface area contributed by atoms with Gasteiger partial charge in [0.05, 0.1) is 7.11 Å². The molecule has 0 heterocycles. The first-order chi connectivity index (χ1) is 9.67. The molecule has 0 unspecified atom stereocenters. The van der Waals surface area contributed by atoms with Crippen LogP contribution in [0.15, 0.2) is 59.1 Å². The van der Waals surface area contributed by atoms with Gasteiger partial charge in [-0.2, -0.15) is 0 Å². The van der Waals surface area contributed by atoms with Gasteiger partial charge in [-0.3, -0.25) is 4.79 Å². The van der Waals surface area contributed by atoms with Gasteiger partial charge in [-0.05, 0) is 48.0 Å². The van der Waals surface area contributed by atoms with Gasteiger partial charge in [0.1, 0.15) is 5.75 Å². The zero-order chi connectivity index (χ0) is 14.4. The number of carbonyl (C=O) groups excluding carboxylic acids is 1. The first-order valence-corrected chi connectivity index (χ1v) is 6.85. The molecule has 4 heteroatoms. The van der Waals surface area contributed by atoms with Gasteiger partial charge in [0, 0.05) is 16.2 Å². The zero-order valence-corrected chi connectivity index (χ0v) is 12.6. The first-order valence-electron chi connectivity index (χ1n) is 6.06. The molecule has 2 aromatic carbocycles. The molecule has 0 spiro atoms. The standard InChI is InChI=1S/C16H14BrNO2/c1-20-15-4-2-3-12(11-15)5-10-16(19)18-14-8-6-13(17)7-9-14/h2-11H,1H3,(H,18,19)/b10-5+. The van der Waals surface area contributed by atoms with E-state index in [1.54, 1.807) is 13.2 Å². The van der Waals surface area contributed by atoms with Crippen LogP contribution in [0.25, 0.3) is 6.08 Å². The van der Waals surface area contributed by atoms with E-state index in [2.05, 4.69) is 21.2 Å². The lowest BCUT2D eigenvalue weighted by Gasteiger charge is -2.02. The molecule has 0 radical (unpaired) electrons. The summed E-state index contributed by atoms with van der Waals surface area (Å²) < 4.78 is 6.10. The lowest BCUT2D eigenvalue weighted by molar-refractivity contribution is -0.111. The van der Waals surface area contributed by atoms with Crippen molar-refractivity contribution in [1.82, 2.24) is 0 Å². The first kappa shape index (κ1) is 14.3. The van der Waals surface area contributed by atoms with Gasteiger partial charge in [-0.25, -0.2) is 0 Å². The van der Waals surface area contributed by atoms with E-state index in [-0.39, 0.29) is 5.91 Å². The summed E-state index contributed by atoms with van der Waals surface area (Å²) in [5, 5.41) is 2.79. The van der Waals surface area contributed by atoms with Gasteiger partial charge in [-0.15, -0.1) is 0 Å². The van der Waals surface area contributed by atoms with Crippen LogP contribution in [0.5, 0.6) is 5.75 Å². The maximum atomic E-state index is 11.8. The molecule has 102 valence electrons. The number of carbonyl (C=O) groups is 1. The number of anilines is 1. The topological polar surface area (TPSA) is 38.3 Å². The Hall–Kier alpha value is -2.07. The molecule has 3 nitrogen and oxygen atoms in total. The van der Waals surface area contributed by atoms with Crippen LogP contribution in [0, 0.1) is 0 Å². The predicted molar refractivity (Wildman–Crippen MR) is 84.8 cm³/mol. The van der Waals surface area contributed by atoms with Gasteiger partial charge >= 0.3 is 0 Å².